The van der Waals surface area contributed by atoms with Crippen molar-refractivity contribution in [2.75, 3.05) is 34.4 Å². The van der Waals surface area contributed by atoms with Crippen LogP contribution < -0.4 is 19.9 Å². The lowest BCUT2D eigenvalue weighted by Gasteiger charge is -2.42. The van der Waals surface area contributed by atoms with Gasteiger partial charge in [-0.05, 0) is 29.5 Å². The van der Waals surface area contributed by atoms with Crippen molar-refractivity contribution in [1.82, 2.24) is 4.90 Å². The predicted octanol–water partition coefficient (Wildman–Crippen LogP) is 2.27. The maximum atomic E-state index is 6.21. The summed E-state index contributed by atoms with van der Waals surface area (Å²) in [5.41, 5.74) is 7.51. The molecule has 0 amide bonds. The number of ether oxygens (including phenoxy) is 3. The molecule has 2 rings (SSSR count). The minimum atomic E-state index is 0.138. The molecule has 1 unspecified atom stereocenters. The maximum absolute atomic E-state index is 6.21. The predicted molar refractivity (Wildman–Crippen MR) is 87.7 cm³/mol. The van der Waals surface area contributed by atoms with Crippen molar-refractivity contribution in [3.63, 3.8) is 0 Å². The molecule has 0 aliphatic carbocycles. The van der Waals surface area contributed by atoms with E-state index in [1.165, 1.54) is 0 Å². The Morgan fingerprint density at radius 3 is 2.18 bits per heavy atom. The molecular formula is C17H28N2O3. The van der Waals surface area contributed by atoms with Gasteiger partial charge in [0.25, 0.3) is 0 Å². The molecule has 0 radical (unpaired) electrons. The Hall–Kier alpha value is -1.46. The number of nitrogens with zero attached hydrogens (tertiary/aromatic N) is 1. The van der Waals surface area contributed by atoms with Crippen LogP contribution >= 0.6 is 0 Å². The van der Waals surface area contributed by atoms with E-state index in [4.69, 9.17) is 19.9 Å². The lowest BCUT2D eigenvalue weighted by atomic mass is 9.79. The van der Waals surface area contributed by atoms with E-state index >= 15 is 0 Å². The SMILES string of the molecule is COc1cc(CN2CCC(N)C(C)(C)C2)cc(OC)c1OC. The molecule has 2 N–H and O–H groups in total. The third-order valence-corrected chi connectivity index (χ3v) is 4.52. The topological polar surface area (TPSA) is 57.0 Å². The number of rotatable bonds is 5. The van der Waals surface area contributed by atoms with Gasteiger partial charge in [-0.1, -0.05) is 13.8 Å². The van der Waals surface area contributed by atoms with Gasteiger partial charge in [-0.3, -0.25) is 4.90 Å². The summed E-state index contributed by atoms with van der Waals surface area (Å²) in [7, 11) is 4.91. The fourth-order valence-corrected chi connectivity index (χ4v) is 3.10. The van der Waals surface area contributed by atoms with Crippen LogP contribution in [-0.2, 0) is 6.54 Å². The van der Waals surface area contributed by atoms with Gasteiger partial charge in [-0.15, -0.1) is 0 Å². The highest BCUT2D eigenvalue weighted by atomic mass is 16.5. The minimum absolute atomic E-state index is 0.138. The van der Waals surface area contributed by atoms with Crippen LogP contribution in [0.15, 0.2) is 12.1 Å². The van der Waals surface area contributed by atoms with Crippen LogP contribution in [0.1, 0.15) is 25.8 Å². The monoisotopic (exact) mass is 308 g/mol. The van der Waals surface area contributed by atoms with Crippen molar-refractivity contribution in [3.8, 4) is 17.2 Å². The molecule has 1 heterocycles. The third kappa shape index (κ3) is 3.47. The van der Waals surface area contributed by atoms with Crippen molar-refractivity contribution in [3.05, 3.63) is 17.7 Å². The molecule has 0 aromatic heterocycles. The summed E-state index contributed by atoms with van der Waals surface area (Å²) in [5.74, 6) is 2.03. The second-order valence-corrected chi connectivity index (χ2v) is 6.63. The summed E-state index contributed by atoms with van der Waals surface area (Å²) < 4.78 is 16.2. The molecule has 5 nitrogen and oxygen atoms in total. The Labute approximate surface area is 133 Å². The number of methoxy groups -OCH3 is 3. The van der Waals surface area contributed by atoms with Crippen molar-refractivity contribution in [1.29, 1.82) is 0 Å². The van der Waals surface area contributed by atoms with E-state index in [0.717, 1.165) is 31.6 Å². The summed E-state index contributed by atoms with van der Waals surface area (Å²) in [6, 6.07) is 4.30. The summed E-state index contributed by atoms with van der Waals surface area (Å²) in [4.78, 5) is 2.43. The Kier molecular flexibility index (Phi) is 5.19. The van der Waals surface area contributed by atoms with Gasteiger partial charge >= 0.3 is 0 Å². The zero-order valence-corrected chi connectivity index (χ0v) is 14.3. The molecule has 1 aromatic carbocycles. The molecule has 0 spiro atoms. The number of piperidine rings is 1. The first-order valence-electron chi connectivity index (χ1n) is 7.68. The van der Waals surface area contributed by atoms with E-state index in [1.807, 2.05) is 12.1 Å². The highest BCUT2D eigenvalue weighted by Gasteiger charge is 2.33. The number of nitrogens with two attached hydrogens (primary N) is 1. The summed E-state index contributed by atoms with van der Waals surface area (Å²) in [5, 5.41) is 0. The third-order valence-electron chi connectivity index (χ3n) is 4.52. The zero-order valence-electron chi connectivity index (χ0n) is 14.3. The van der Waals surface area contributed by atoms with Crippen molar-refractivity contribution in [2.45, 2.75) is 32.9 Å². The van der Waals surface area contributed by atoms with Crippen molar-refractivity contribution in [2.24, 2.45) is 11.1 Å². The molecule has 1 aliphatic rings. The molecule has 22 heavy (non-hydrogen) atoms. The van der Waals surface area contributed by atoms with Gasteiger partial charge in [0, 0.05) is 25.7 Å². The smallest absolute Gasteiger partial charge is 0.203 e. The lowest BCUT2D eigenvalue weighted by Crippen LogP contribution is -2.52. The first-order chi connectivity index (χ1) is 10.4. The minimum Gasteiger partial charge on any atom is -0.493 e. The largest absolute Gasteiger partial charge is 0.493 e. The van der Waals surface area contributed by atoms with E-state index in [-0.39, 0.29) is 11.5 Å². The number of hydrogen-bond acceptors (Lipinski definition) is 5. The van der Waals surface area contributed by atoms with Crippen LogP contribution in [-0.4, -0.2) is 45.4 Å². The molecule has 1 saturated heterocycles. The van der Waals surface area contributed by atoms with Crippen molar-refractivity contribution < 1.29 is 14.2 Å². The maximum Gasteiger partial charge on any atom is 0.203 e. The number of likely N-dealkylation sites (tertiary alicyclic amines) is 1. The summed E-state index contributed by atoms with van der Waals surface area (Å²) in [6.07, 6.45) is 1.03. The normalized spacial score (nSPS) is 21.5. The van der Waals surface area contributed by atoms with E-state index in [0.29, 0.717) is 17.2 Å². The molecule has 1 fully saturated rings. The Morgan fingerprint density at radius 1 is 1.14 bits per heavy atom. The van der Waals surface area contributed by atoms with E-state index in [2.05, 4.69) is 18.7 Å². The molecule has 5 heteroatoms. The highest BCUT2D eigenvalue weighted by Crippen LogP contribution is 2.39. The molecule has 1 atom stereocenters. The van der Waals surface area contributed by atoms with Gasteiger partial charge in [0.1, 0.15) is 0 Å². The molecular weight excluding hydrogens is 280 g/mol. The van der Waals surface area contributed by atoms with Crippen LogP contribution in [0.25, 0.3) is 0 Å². The fourth-order valence-electron chi connectivity index (χ4n) is 3.10. The fraction of sp³-hybridized carbons (Fsp3) is 0.647. The summed E-state index contributed by atoms with van der Waals surface area (Å²) >= 11 is 0. The second-order valence-electron chi connectivity index (χ2n) is 6.63. The quantitative estimate of drug-likeness (QED) is 0.904. The van der Waals surface area contributed by atoms with Crippen LogP contribution in [0.4, 0.5) is 0 Å². The molecule has 0 saturated carbocycles. The molecule has 1 aromatic rings. The average molecular weight is 308 g/mol. The zero-order chi connectivity index (χ0) is 16.3. The number of benzene rings is 1. The molecule has 124 valence electrons. The van der Waals surface area contributed by atoms with E-state index in [9.17, 15) is 0 Å². The van der Waals surface area contributed by atoms with Crippen LogP contribution in [0, 0.1) is 5.41 Å². The Balaban J connectivity index is 2.19. The van der Waals surface area contributed by atoms with Crippen molar-refractivity contribution >= 4 is 0 Å². The molecule has 0 bridgehead atoms. The average Bonchev–Trinajstić information content (AvgIpc) is 2.49. The number of hydrogen-bond donors (Lipinski definition) is 1. The van der Waals surface area contributed by atoms with E-state index in [1.54, 1.807) is 21.3 Å². The Morgan fingerprint density at radius 2 is 1.73 bits per heavy atom. The van der Waals surface area contributed by atoms with Gasteiger partial charge in [-0.25, -0.2) is 0 Å². The lowest BCUT2D eigenvalue weighted by molar-refractivity contribution is 0.0897. The Bertz CT molecular complexity index is 492. The highest BCUT2D eigenvalue weighted by molar-refractivity contribution is 5.53. The van der Waals surface area contributed by atoms with Crippen LogP contribution in [0.3, 0.4) is 0 Å². The van der Waals surface area contributed by atoms with Gasteiger partial charge < -0.3 is 19.9 Å². The van der Waals surface area contributed by atoms with Gasteiger partial charge in [-0.2, -0.15) is 0 Å². The summed E-state index contributed by atoms with van der Waals surface area (Å²) in [6.45, 7) is 7.33. The first-order valence-corrected chi connectivity index (χ1v) is 7.68. The van der Waals surface area contributed by atoms with Gasteiger partial charge in [0.15, 0.2) is 11.5 Å². The molecule has 1 aliphatic heterocycles. The van der Waals surface area contributed by atoms with E-state index < -0.39 is 0 Å². The standard InChI is InChI=1S/C17H28N2O3/c1-17(2)11-19(7-6-15(17)18)10-12-8-13(20-3)16(22-5)14(9-12)21-4/h8-9,15H,6-7,10-11,18H2,1-5H3. The van der Waals surface area contributed by atoms with Crippen LogP contribution in [0.5, 0.6) is 17.2 Å². The second kappa shape index (κ2) is 6.75. The van der Waals surface area contributed by atoms with Crippen LogP contribution in [0.2, 0.25) is 0 Å². The first kappa shape index (κ1) is 16.9. The van der Waals surface area contributed by atoms with Gasteiger partial charge in [0.2, 0.25) is 5.75 Å². The van der Waals surface area contributed by atoms with Gasteiger partial charge in [0.05, 0.1) is 21.3 Å².